The Morgan fingerprint density at radius 3 is 2.45 bits per heavy atom. The van der Waals surface area contributed by atoms with E-state index in [1.807, 2.05) is 19.1 Å². The summed E-state index contributed by atoms with van der Waals surface area (Å²) in [4.78, 5) is 0.465. The van der Waals surface area contributed by atoms with Crippen LogP contribution < -0.4 is 0 Å². The highest BCUT2D eigenvalue weighted by Crippen LogP contribution is 2.67. The maximum atomic E-state index is 12.9. The third-order valence-electron chi connectivity index (χ3n) is 12.1. The summed E-state index contributed by atoms with van der Waals surface area (Å²) in [5.41, 5.74) is 3.44. The van der Waals surface area contributed by atoms with Gasteiger partial charge in [0.15, 0.2) is 9.84 Å². The van der Waals surface area contributed by atoms with Gasteiger partial charge < -0.3 is 5.11 Å². The lowest BCUT2D eigenvalue weighted by atomic mass is 9.47. The van der Waals surface area contributed by atoms with Crippen molar-refractivity contribution in [2.45, 2.75) is 116 Å². The fourth-order valence-corrected chi connectivity index (χ4v) is 11.6. The number of rotatable bonds is 8. The Morgan fingerprint density at radius 2 is 1.71 bits per heavy atom. The fraction of sp³-hybridized carbons (Fsp3) is 0.765. The first kappa shape index (κ1) is 28.4. The van der Waals surface area contributed by atoms with Crippen LogP contribution in [0.3, 0.4) is 0 Å². The van der Waals surface area contributed by atoms with E-state index in [2.05, 4.69) is 33.8 Å². The average Bonchev–Trinajstić information content (AvgIpc) is 3.21. The van der Waals surface area contributed by atoms with Gasteiger partial charge in [-0.1, -0.05) is 69.9 Å². The van der Waals surface area contributed by atoms with Crippen LogP contribution in [0.15, 0.2) is 40.8 Å². The molecule has 1 N–H and O–H groups in total. The molecule has 4 heteroatoms. The van der Waals surface area contributed by atoms with Gasteiger partial charge in [-0.3, -0.25) is 0 Å². The highest BCUT2D eigenvalue weighted by molar-refractivity contribution is 7.91. The molecule has 0 bridgehead atoms. The summed E-state index contributed by atoms with van der Waals surface area (Å²) in [7, 11) is -3.21. The van der Waals surface area contributed by atoms with Gasteiger partial charge in [0.05, 0.1) is 16.8 Å². The zero-order valence-corrected chi connectivity index (χ0v) is 25.4. The molecule has 1 aromatic rings. The van der Waals surface area contributed by atoms with Crippen LogP contribution in [0.25, 0.3) is 0 Å². The first-order valence-electron chi connectivity index (χ1n) is 15.6. The normalized spacial score (nSPS) is 38.5. The predicted octanol–water partition coefficient (Wildman–Crippen LogP) is 8.15. The summed E-state index contributed by atoms with van der Waals surface area (Å²) in [5.74, 6) is 4.41. The lowest BCUT2D eigenvalue weighted by Gasteiger charge is -2.58. The van der Waals surface area contributed by atoms with E-state index in [9.17, 15) is 13.5 Å². The number of allylic oxidation sites excluding steroid dienone is 1. The molecule has 0 radical (unpaired) electrons. The summed E-state index contributed by atoms with van der Waals surface area (Å²) in [6, 6.07) is 7.30. The summed E-state index contributed by atoms with van der Waals surface area (Å²) in [6.45, 7) is 11.7. The highest BCUT2D eigenvalue weighted by Gasteiger charge is 2.59. The number of aryl methyl sites for hydroxylation is 1. The Balaban J connectivity index is 1.17. The van der Waals surface area contributed by atoms with Gasteiger partial charge in [-0.25, -0.2) is 8.42 Å². The first-order valence-corrected chi connectivity index (χ1v) is 17.3. The molecule has 3 nitrogen and oxygen atoms in total. The van der Waals surface area contributed by atoms with Gasteiger partial charge in [0.1, 0.15) is 0 Å². The van der Waals surface area contributed by atoms with E-state index in [1.165, 1.54) is 44.9 Å². The summed E-state index contributed by atoms with van der Waals surface area (Å²) in [5, 5.41) is 10.3. The van der Waals surface area contributed by atoms with E-state index >= 15 is 0 Å². The molecule has 5 rings (SSSR count). The van der Waals surface area contributed by atoms with Crippen molar-refractivity contribution in [1.82, 2.24) is 0 Å². The minimum atomic E-state index is -3.21. The Kier molecular flexibility index (Phi) is 7.99. The van der Waals surface area contributed by atoms with Crippen LogP contribution >= 0.6 is 0 Å². The van der Waals surface area contributed by atoms with Crippen LogP contribution in [0, 0.1) is 53.3 Å². The lowest BCUT2D eigenvalue weighted by molar-refractivity contribution is -0.0573. The van der Waals surface area contributed by atoms with Crippen molar-refractivity contribution in [3.8, 4) is 0 Å². The van der Waals surface area contributed by atoms with Gasteiger partial charge in [-0.15, -0.1) is 0 Å². The summed E-state index contributed by atoms with van der Waals surface area (Å²) in [6.07, 6.45) is 15.5. The van der Waals surface area contributed by atoms with Gasteiger partial charge in [0, 0.05) is 0 Å². The average molecular weight is 541 g/mol. The van der Waals surface area contributed by atoms with Crippen LogP contribution in [0.1, 0.15) is 104 Å². The molecule has 0 aromatic heterocycles. The molecular formula is C34H52O3S. The number of aliphatic hydroxyl groups is 1. The van der Waals surface area contributed by atoms with Crippen molar-refractivity contribution in [3.05, 3.63) is 41.5 Å². The number of hydrogen-bond acceptors (Lipinski definition) is 3. The molecule has 38 heavy (non-hydrogen) atoms. The molecule has 212 valence electrons. The molecule has 0 saturated heterocycles. The zero-order chi connectivity index (χ0) is 27.3. The Hall–Kier alpha value is -1.13. The van der Waals surface area contributed by atoms with Crippen molar-refractivity contribution in [1.29, 1.82) is 0 Å². The van der Waals surface area contributed by atoms with E-state index in [0.717, 1.165) is 54.9 Å². The quantitative estimate of drug-likeness (QED) is 0.339. The third-order valence-corrected chi connectivity index (χ3v) is 14.1. The predicted molar refractivity (Wildman–Crippen MR) is 157 cm³/mol. The van der Waals surface area contributed by atoms with Crippen LogP contribution in [-0.2, 0) is 9.84 Å². The van der Waals surface area contributed by atoms with E-state index in [-0.39, 0.29) is 17.8 Å². The molecule has 1 aromatic carbocycles. The third kappa shape index (κ3) is 5.18. The van der Waals surface area contributed by atoms with Gasteiger partial charge in [0.25, 0.3) is 0 Å². The first-order chi connectivity index (χ1) is 17.9. The molecule has 0 spiro atoms. The number of aliphatic hydroxyl groups excluding tert-OH is 1. The number of sulfone groups is 1. The van der Waals surface area contributed by atoms with Crippen molar-refractivity contribution in [2.75, 3.05) is 5.75 Å². The SMILES string of the molecule is Cc1ccc(S(=O)(=O)CC(C)CCC[C@@H](C)[C@H]2CC[C@H]3[C@@H]4CC=C5C[C@@H](O)CC[C@]5(C)[C@H]4CC[C@]23C)cc1. The van der Waals surface area contributed by atoms with Gasteiger partial charge in [-0.2, -0.15) is 0 Å². The minimum absolute atomic E-state index is 0.123. The topological polar surface area (TPSA) is 54.4 Å². The molecule has 0 aliphatic heterocycles. The fourth-order valence-electron chi connectivity index (χ4n) is 9.91. The molecule has 1 unspecified atom stereocenters. The van der Waals surface area contributed by atoms with Crippen molar-refractivity contribution < 1.29 is 13.5 Å². The second-order valence-electron chi connectivity index (χ2n) is 14.5. The Morgan fingerprint density at radius 1 is 0.974 bits per heavy atom. The lowest BCUT2D eigenvalue weighted by Crippen LogP contribution is -2.50. The molecule has 4 aliphatic carbocycles. The Labute approximate surface area is 232 Å². The van der Waals surface area contributed by atoms with E-state index in [1.54, 1.807) is 17.7 Å². The van der Waals surface area contributed by atoms with E-state index in [4.69, 9.17) is 0 Å². The smallest absolute Gasteiger partial charge is 0.178 e. The molecule has 4 aliphatic rings. The van der Waals surface area contributed by atoms with E-state index < -0.39 is 9.84 Å². The summed E-state index contributed by atoms with van der Waals surface area (Å²) >= 11 is 0. The minimum Gasteiger partial charge on any atom is -0.393 e. The van der Waals surface area contributed by atoms with Crippen LogP contribution in [-0.4, -0.2) is 25.4 Å². The summed E-state index contributed by atoms with van der Waals surface area (Å²) < 4.78 is 25.8. The molecular weight excluding hydrogens is 488 g/mol. The molecule has 0 heterocycles. The second kappa shape index (κ2) is 10.7. The van der Waals surface area contributed by atoms with Crippen molar-refractivity contribution in [2.24, 2.45) is 46.3 Å². The van der Waals surface area contributed by atoms with Gasteiger partial charge in [0.2, 0.25) is 0 Å². The maximum absolute atomic E-state index is 12.9. The standard InChI is InChI=1S/C34H52O3S/c1-23-9-12-28(13-10-23)38(36,37)22-24(2)7-6-8-25(3)30-15-16-31-29-14-11-26-21-27(35)17-19-33(26,4)32(29)18-20-34(30,31)5/h9-13,24-25,27,29-32,35H,6-8,14-22H2,1-5H3/t24?,25-,27+,29+,30-,31+,32+,33+,34-/m1/s1. The number of benzene rings is 1. The monoisotopic (exact) mass is 540 g/mol. The van der Waals surface area contributed by atoms with Crippen LogP contribution in [0.2, 0.25) is 0 Å². The second-order valence-corrected chi connectivity index (χ2v) is 16.5. The van der Waals surface area contributed by atoms with Crippen LogP contribution in [0.5, 0.6) is 0 Å². The van der Waals surface area contributed by atoms with Gasteiger partial charge >= 0.3 is 0 Å². The zero-order valence-electron chi connectivity index (χ0n) is 24.6. The number of hydrogen-bond donors (Lipinski definition) is 1. The van der Waals surface area contributed by atoms with Crippen molar-refractivity contribution in [3.63, 3.8) is 0 Å². The molecule has 3 saturated carbocycles. The van der Waals surface area contributed by atoms with Crippen molar-refractivity contribution >= 4 is 9.84 Å². The van der Waals surface area contributed by atoms with E-state index in [0.29, 0.717) is 21.6 Å². The molecule has 3 fully saturated rings. The largest absolute Gasteiger partial charge is 0.393 e. The molecule has 0 amide bonds. The highest BCUT2D eigenvalue weighted by atomic mass is 32.2. The Bertz CT molecular complexity index is 1120. The number of fused-ring (bicyclic) bond motifs is 5. The van der Waals surface area contributed by atoms with Crippen LogP contribution in [0.4, 0.5) is 0 Å². The maximum Gasteiger partial charge on any atom is 0.178 e. The van der Waals surface area contributed by atoms with Gasteiger partial charge in [-0.05, 0) is 123 Å². The molecule has 9 atom stereocenters.